The van der Waals surface area contributed by atoms with Crippen molar-refractivity contribution in [3.63, 3.8) is 0 Å². The van der Waals surface area contributed by atoms with Crippen LogP contribution in [0.3, 0.4) is 0 Å². The molecule has 2 N–H and O–H groups in total. The molecule has 0 radical (unpaired) electrons. The molecule has 104 valence electrons. The Morgan fingerprint density at radius 2 is 2.15 bits per heavy atom. The van der Waals surface area contributed by atoms with Crippen molar-refractivity contribution in [1.82, 2.24) is 4.98 Å². The Morgan fingerprint density at radius 1 is 1.35 bits per heavy atom. The van der Waals surface area contributed by atoms with E-state index in [4.69, 9.17) is 4.74 Å². The molecule has 0 aliphatic carbocycles. The molecule has 2 aromatic rings. The van der Waals surface area contributed by atoms with Crippen LogP contribution in [0.1, 0.15) is 10.4 Å². The average Bonchev–Trinajstić information content (AvgIpc) is 2.49. The van der Waals surface area contributed by atoms with Crippen molar-refractivity contribution >= 4 is 33.3 Å². The molecule has 1 aromatic heterocycles. The summed E-state index contributed by atoms with van der Waals surface area (Å²) in [7, 11) is 3.30. The van der Waals surface area contributed by atoms with Gasteiger partial charge in [0.2, 0.25) is 0 Å². The van der Waals surface area contributed by atoms with Crippen molar-refractivity contribution in [2.75, 3.05) is 24.8 Å². The number of carbonyl (C=O) groups is 1. The van der Waals surface area contributed by atoms with E-state index >= 15 is 0 Å². The third-order valence-electron chi connectivity index (χ3n) is 2.71. The lowest BCUT2D eigenvalue weighted by molar-refractivity contribution is 0.102. The summed E-state index contributed by atoms with van der Waals surface area (Å²) < 4.78 is 5.92. The molecule has 0 unspecified atom stereocenters. The number of halogens is 1. The summed E-state index contributed by atoms with van der Waals surface area (Å²) in [5, 5.41) is 5.72. The van der Waals surface area contributed by atoms with Crippen LogP contribution in [0.2, 0.25) is 0 Å². The number of nitrogens with zero attached hydrogens (tertiary/aromatic N) is 1. The number of anilines is 2. The summed E-state index contributed by atoms with van der Waals surface area (Å²) >= 11 is 3.39. The van der Waals surface area contributed by atoms with E-state index in [9.17, 15) is 4.79 Å². The number of aromatic nitrogens is 1. The van der Waals surface area contributed by atoms with Gasteiger partial charge in [-0.1, -0.05) is 0 Å². The highest BCUT2D eigenvalue weighted by molar-refractivity contribution is 9.10. The predicted octanol–water partition coefficient (Wildman–Crippen LogP) is 3.15. The monoisotopic (exact) mass is 335 g/mol. The second-order valence-corrected chi connectivity index (χ2v) is 4.80. The zero-order valence-electron chi connectivity index (χ0n) is 11.1. The Morgan fingerprint density at radius 3 is 2.85 bits per heavy atom. The van der Waals surface area contributed by atoms with Crippen molar-refractivity contribution in [3.8, 4) is 5.75 Å². The standard InChI is InChI=1S/C14H14BrN3O2/c1-16-13-10(4-3-7-17-13)14(19)18-12-8-9(20-2)5-6-11(12)15/h3-8H,1-2H3,(H,16,17)(H,18,19). The van der Waals surface area contributed by atoms with E-state index in [1.165, 1.54) is 0 Å². The van der Waals surface area contributed by atoms with Gasteiger partial charge in [0.15, 0.2) is 0 Å². The number of amides is 1. The summed E-state index contributed by atoms with van der Waals surface area (Å²) in [6, 6.07) is 8.80. The maximum Gasteiger partial charge on any atom is 0.259 e. The Labute approximate surface area is 125 Å². The van der Waals surface area contributed by atoms with Crippen molar-refractivity contribution in [2.24, 2.45) is 0 Å². The number of benzene rings is 1. The Balaban J connectivity index is 2.27. The molecule has 1 amide bonds. The van der Waals surface area contributed by atoms with Crippen molar-refractivity contribution in [3.05, 3.63) is 46.6 Å². The van der Waals surface area contributed by atoms with Gasteiger partial charge in [0.05, 0.1) is 18.4 Å². The second-order valence-electron chi connectivity index (χ2n) is 3.95. The number of methoxy groups -OCH3 is 1. The van der Waals surface area contributed by atoms with Crippen molar-refractivity contribution < 1.29 is 9.53 Å². The molecule has 0 spiro atoms. The van der Waals surface area contributed by atoms with E-state index in [0.717, 1.165) is 4.47 Å². The zero-order valence-corrected chi connectivity index (χ0v) is 12.7. The van der Waals surface area contributed by atoms with Crippen LogP contribution in [0.5, 0.6) is 5.75 Å². The van der Waals surface area contributed by atoms with Crippen LogP contribution in [0.25, 0.3) is 0 Å². The number of hydrogen-bond acceptors (Lipinski definition) is 4. The number of nitrogens with one attached hydrogen (secondary N) is 2. The molecule has 0 aliphatic rings. The lowest BCUT2D eigenvalue weighted by Crippen LogP contribution is -2.15. The van der Waals surface area contributed by atoms with Gasteiger partial charge < -0.3 is 15.4 Å². The number of rotatable bonds is 4. The number of pyridine rings is 1. The molecule has 6 heteroatoms. The molecular formula is C14H14BrN3O2. The van der Waals surface area contributed by atoms with Gasteiger partial charge in [0, 0.05) is 23.8 Å². The normalized spacial score (nSPS) is 9.95. The molecule has 1 aromatic carbocycles. The fourth-order valence-electron chi connectivity index (χ4n) is 1.70. The highest BCUT2D eigenvalue weighted by Gasteiger charge is 2.13. The SMILES string of the molecule is CNc1ncccc1C(=O)Nc1cc(OC)ccc1Br. The Hall–Kier alpha value is -2.08. The molecule has 0 saturated carbocycles. The topological polar surface area (TPSA) is 63.2 Å². The van der Waals surface area contributed by atoms with E-state index in [2.05, 4.69) is 31.5 Å². The summed E-state index contributed by atoms with van der Waals surface area (Å²) in [5.41, 5.74) is 1.12. The molecule has 2 rings (SSSR count). The van der Waals surface area contributed by atoms with E-state index < -0.39 is 0 Å². The van der Waals surface area contributed by atoms with E-state index in [-0.39, 0.29) is 5.91 Å². The zero-order chi connectivity index (χ0) is 14.5. The van der Waals surface area contributed by atoms with E-state index in [1.807, 2.05) is 12.1 Å². The van der Waals surface area contributed by atoms with Gasteiger partial charge in [-0.15, -0.1) is 0 Å². The first-order chi connectivity index (χ1) is 9.65. The van der Waals surface area contributed by atoms with Gasteiger partial charge in [-0.25, -0.2) is 4.98 Å². The Bertz CT molecular complexity index is 632. The van der Waals surface area contributed by atoms with E-state index in [0.29, 0.717) is 22.8 Å². The molecule has 0 bridgehead atoms. The van der Waals surface area contributed by atoms with Crippen molar-refractivity contribution in [2.45, 2.75) is 0 Å². The van der Waals surface area contributed by atoms with Gasteiger partial charge in [0.25, 0.3) is 5.91 Å². The fourth-order valence-corrected chi connectivity index (χ4v) is 2.05. The van der Waals surface area contributed by atoms with Crippen LogP contribution in [-0.2, 0) is 0 Å². The van der Waals surface area contributed by atoms with Crippen LogP contribution >= 0.6 is 15.9 Å². The molecule has 0 saturated heterocycles. The summed E-state index contributed by atoms with van der Waals surface area (Å²) in [6.07, 6.45) is 1.63. The quantitative estimate of drug-likeness (QED) is 0.900. The largest absolute Gasteiger partial charge is 0.497 e. The van der Waals surface area contributed by atoms with Crippen molar-refractivity contribution in [1.29, 1.82) is 0 Å². The number of hydrogen-bond donors (Lipinski definition) is 2. The molecule has 20 heavy (non-hydrogen) atoms. The minimum absolute atomic E-state index is 0.239. The maximum atomic E-state index is 12.3. The van der Waals surface area contributed by atoms with Crippen LogP contribution in [-0.4, -0.2) is 25.0 Å². The fraction of sp³-hybridized carbons (Fsp3) is 0.143. The average molecular weight is 336 g/mol. The number of carbonyl (C=O) groups excluding carboxylic acids is 1. The van der Waals surface area contributed by atoms with Gasteiger partial charge in [-0.2, -0.15) is 0 Å². The molecule has 0 atom stereocenters. The highest BCUT2D eigenvalue weighted by atomic mass is 79.9. The summed E-state index contributed by atoms with van der Waals surface area (Å²) in [5.74, 6) is 0.962. The lowest BCUT2D eigenvalue weighted by Gasteiger charge is -2.11. The first-order valence-electron chi connectivity index (χ1n) is 5.93. The Kier molecular flexibility index (Phi) is 4.57. The van der Waals surface area contributed by atoms with E-state index in [1.54, 1.807) is 38.6 Å². The third kappa shape index (κ3) is 3.08. The van der Waals surface area contributed by atoms with Gasteiger partial charge in [0.1, 0.15) is 11.6 Å². The minimum atomic E-state index is -0.239. The lowest BCUT2D eigenvalue weighted by atomic mass is 10.2. The van der Waals surface area contributed by atoms with Crippen LogP contribution in [0.4, 0.5) is 11.5 Å². The number of ether oxygens (including phenoxy) is 1. The third-order valence-corrected chi connectivity index (χ3v) is 3.40. The van der Waals surface area contributed by atoms with Crippen LogP contribution in [0, 0.1) is 0 Å². The minimum Gasteiger partial charge on any atom is -0.497 e. The highest BCUT2D eigenvalue weighted by Crippen LogP contribution is 2.28. The molecule has 5 nitrogen and oxygen atoms in total. The van der Waals surface area contributed by atoms with Crippen LogP contribution in [0.15, 0.2) is 41.0 Å². The summed E-state index contributed by atoms with van der Waals surface area (Å²) in [6.45, 7) is 0. The first-order valence-corrected chi connectivity index (χ1v) is 6.72. The van der Waals surface area contributed by atoms with Crippen LogP contribution < -0.4 is 15.4 Å². The smallest absolute Gasteiger partial charge is 0.259 e. The van der Waals surface area contributed by atoms with Gasteiger partial charge >= 0.3 is 0 Å². The van der Waals surface area contributed by atoms with Gasteiger partial charge in [-0.05, 0) is 40.2 Å². The summed E-state index contributed by atoms with van der Waals surface area (Å²) in [4.78, 5) is 16.4. The predicted molar refractivity (Wildman–Crippen MR) is 82.4 cm³/mol. The molecule has 0 fully saturated rings. The van der Waals surface area contributed by atoms with Gasteiger partial charge in [-0.3, -0.25) is 4.79 Å². The second kappa shape index (κ2) is 6.38. The maximum absolute atomic E-state index is 12.3. The molecule has 1 heterocycles. The molecule has 0 aliphatic heterocycles. The molecular weight excluding hydrogens is 322 g/mol. The first kappa shape index (κ1) is 14.3.